The van der Waals surface area contributed by atoms with E-state index >= 15 is 0 Å². The van der Waals surface area contributed by atoms with Gasteiger partial charge in [0.1, 0.15) is 6.07 Å². The van der Waals surface area contributed by atoms with Crippen LogP contribution in [0.3, 0.4) is 0 Å². The standard InChI is InChI=1S/C29H24Cl2N2O3S/c1-2-23(17-3-5-19(6-4-17)29(36)33-12-11-26(34)35)27(18-7-9-21(30)10-8-18)25-16-37-28-20(15-32)13-22(31)14-24(25)28/h3-10,13-14,16,23,27H,2,11-12H2,1H3,(H,33,36)(H,34,35)/t23-,27?/m1/s1. The van der Waals surface area contributed by atoms with Crippen molar-refractivity contribution in [2.24, 2.45) is 0 Å². The molecule has 5 nitrogen and oxygen atoms in total. The van der Waals surface area contributed by atoms with Crippen molar-refractivity contribution < 1.29 is 14.7 Å². The van der Waals surface area contributed by atoms with E-state index in [1.807, 2.05) is 42.5 Å². The van der Waals surface area contributed by atoms with Crippen molar-refractivity contribution in [2.75, 3.05) is 6.54 Å². The number of nitrogens with zero attached hydrogens (tertiary/aromatic N) is 1. The van der Waals surface area contributed by atoms with Crippen molar-refractivity contribution in [2.45, 2.75) is 31.6 Å². The molecule has 188 valence electrons. The molecule has 0 spiro atoms. The summed E-state index contributed by atoms with van der Waals surface area (Å²) >= 11 is 14.1. The average Bonchev–Trinajstić information content (AvgIpc) is 3.30. The van der Waals surface area contributed by atoms with E-state index in [9.17, 15) is 14.9 Å². The van der Waals surface area contributed by atoms with Gasteiger partial charge in [0.05, 0.1) is 16.7 Å². The van der Waals surface area contributed by atoms with Gasteiger partial charge in [-0.05, 0) is 76.2 Å². The Labute approximate surface area is 229 Å². The number of amides is 1. The first kappa shape index (κ1) is 26.7. The van der Waals surface area contributed by atoms with Crippen molar-refractivity contribution in [3.63, 3.8) is 0 Å². The van der Waals surface area contributed by atoms with E-state index in [1.165, 1.54) is 11.3 Å². The zero-order valence-corrected chi connectivity index (χ0v) is 22.3. The molecule has 1 unspecified atom stereocenters. The number of fused-ring (bicyclic) bond motifs is 1. The molecule has 2 N–H and O–H groups in total. The lowest BCUT2D eigenvalue weighted by atomic mass is 9.75. The maximum Gasteiger partial charge on any atom is 0.305 e. The number of hydrogen-bond donors (Lipinski definition) is 2. The highest BCUT2D eigenvalue weighted by molar-refractivity contribution is 7.17. The first-order valence-electron chi connectivity index (χ1n) is 11.8. The molecule has 37 heavy (non-hydrogen) atoms. The fourth-order valence-electron chi connectivity index (χ4n) is 4.67. The Morgan fingerprint density at radius 3 is 2.32 bits per heavy atom. The Kier molecular flexibility index (Phi) is 8.50. The van der Waals surface area contributed by atoms with Crippen molar-refractivity contribution in [3.05, 3.63) is 104 Å². The molecule has 8 heteroatoms. The molecule has 4 rings (SSSR count). The summed E-state index contributed by atoms with van der Waals surface area (Å²) < 4.78 is 0.907. The van der Waals surface area contributed by atoms with Gasteiger partial charge < -0.3 is 10.4 Å². The van der Waals surface area contributed by atoms with E-state index in [-0.39, 0.29) is 30.7 Å². The van der Waals surface area contributed by atoms with E-state index in [4.69, 9.17) is 28.3 Å². The molecule has 0 saturated carbocycles. The van der Waals surface area contributed by atoms with Gasteiger partial charge in [0.2, 0.25) is 0 Å². The topological polar surface area (TPSA) is 90.2 Å². The highest BCUT2D eigenvalue weighted by Gasteiger charge is 2.28. The minimum Gasteiger partial charge on any atom is -0.481 e. The number of nitriles is 1. The summed E-state index contributed by atoms with van der Waals surface area (Å²) in [5.74, 6) is -1.25. The predicted molar refractivity (Wildman–Crippen MR) is 149 cm³/mol. The van der Waals surface area contributed by atoms with Crippen LogP contribution in [0.4, 0.5) is 0 Å². The lowest BCUT2D eigenvalue weighted by Gasteiger charge is -2.28. The summed E-state index contributed by atoms with van der Waals surface area (Å²) in [5.41, 5.74) is 4.26. The van der Waals surface area contributed by atoms with Crippen LogP contribution in [0.5, 0.6) is 0 Å². The number of nitrogens with one attached hydrogen (secondary N) is 1. The van der Waals surface area contributed by atoms with Gasteiger partial charge in [-0.3, -0.25) is 9.59 Å². The number of rotatable bonds is 9. The molecule has 0 aliphatic carbocycles. The Balaban J connectivity index is 1.75. The SMILES string of the molecule is CC[C@H](c1ccc(C(=O)NCCC(=O)O)cc1)C(c1ccc(Cl)cc1)c1csc2c(C#N)cc(Cl)cc12. The molecule has 0 bridgehead atoms. The molecule has 2 atom stereocenters. The normalized spacial score (nSPS) is 12.6. The largest absolute Gasteiger partial charge is 0.481 e. The maximum atomic E-state index is 12.4. The van der Waals surface area contributed by atoms with E-state index in [2.05, 4.69) is 23.7 Å². The Hall–Kier alpha value is -3.37. The van der Waals surface area contributed by atoms with Crippen LogP contribution in [0.15, 0.2) is 66.0 Å². The Bertz CT molecular complexity index is 1470. The van der Waals surface area contributed by atoms with Gasteiger partial charge in [-0.15, -0.1) is 11.3 Å². The fraction of sp³-hybridized carbons (Fsp3) is 0.207. The van der Waals surface area contributed by atoms with E-state index < -0.39 is 5.97 Å². The monoisotopic (exact) mass is 550 g/mol. The molecule has 3 aromatic carbocycles. The van der Waals surface area contributed by atoms with Crippen molar-refractivity contribution in [1.82, 2.24) is 5.32 Å². The molecule has 4 aromatic rings. The van der Waals surface area contributed by atoms with Gasteiger partial charge in [-0.1, -0.05) is 54.4 Å². The molecule has 1 heterocycles. The van der Waals surface area contributed by atoms with E-state index in [1.54, 1.807) is 18.2 Å². The minimum absolute atomic E-state index is 0.0451. The summed E-state index contributed by atoms with van der Waals surface area (Å²) in [6.45, 7) is 2.20. The third-order valence-corrected chi connectivity index (χ3v) is 7.94. The number of carboxylic acids is 1. The van der Waals surface area contributed by atoms with Crippen LogP contribution in [-0.2, 0) is 4.79 Å². The number of benzene rings is 3. The zero-order valence-electron chi connectivity index (χ0n) is 20.0. The quantitative estimate of drug-likeness (QED) is 0.224. The summed E-state index contributed by atoms with van der Waals surface area (Å²) in [6.07, 6.45) is 0.692. The van der Waals surface area contributed by atoms with E-state index in [0.29, 0.717) is 21.2 Å². The first-order valence-corrected chi connectivity index (χ1v) is 13.4. The van der Waals surface area contributed by atoms with Crippen LogP contribution < -0.4 is 5.32 Å². The third-order valence-electron chi connectivity index (χ3n) is 6.42. The van der Waals surface area contributed by atoms with Crippen molar-refractivity contribution in [1.29, 1.82) is 5.26 Å². The molecular weight excluding hydrogens is 527 g/mol. The van der Waals surface area contributed by atoms with Gasteiger partial charge >= 0.3 is 5.97 Å². The highest BCUT2D eigenvalue weighted by Crippen LogP contribution is 2.46. The Morgan fingerprint density at radius 2 is 1.70 bits per heavy atom. The zero-order chi connectivity index (χ0) is 26.5. The number of carbonyl (C=O) groups excluding carboxylic acids is 1. The molecule has 1 amide bonds. The third kappa shape index (κ3) is 5.97. The van der Waals surface area contributed by atoms with Crippen LogP contribution in [-0.4, -0.2) is 23.5 Å². The minimum atomic E-state index is -0.959. The molecule has 0 aliphatic heterocycles. The van der Waals surface area contributed by atoms with Crippen LogP contribution in [0.25, 0.3) is 10.1 Å². The second kappa shape index (κ2) is 11.8. The maximum absolute atomic E-state index is 12.4. The lowest BCUT2D eigenvalue weighted by molar-refractivity contribution is -0.136. The van der Waals surface area contributed by atoms with Gasteiger partial charge in [-0.25, -0.2) is 0 Å². The molecule has 0 fully saturated rings. The number of carbonyl (C=O) groups is 2. The van der Waals surface area contributed by atoms with Gasteiger partial charge in [0, 0.05) is 28.1 Å². The lowest BCUT2D eigenvalue weighted by Crippen LogP contribution is -2.26. The highest BCUT2D eigenvalue weighted by atomic mass is 35.5. The first-order chi connectivity index (χ1) is 17.8. The van der Waals surface area contributed by atoms with Gasteiger partial charge in [0.25, 0.3) is 5.91 Å². The van der Waals surface area contributed by atoms with Crippen molar-refractivity contribution in [3.8, 4) is 6.07 Å². The summed E-state index contributed by atoms with van der Waals surface area (Å²) in [7, 11) is 0. The van der Waals surface area contributed by atoms with Crippen LogP contribution >= 0.6 is 34.5 Å². The van der Waals surface area contributed by atoms with Gasteiger partial charge in [-0.2, -0.15) is 5.26 Å². The molecular formula is C29H24Cl2N2O3S. The second-order valence-electron chi connectivity index (χ2n) is 8.70. The summed E-state index contributed by atoms with van der Waals surface area (Å²) in [6, 6.07) is 21.1. The number of halogens is 2. The van der Waals surface area contributed by atoms with Crippen LogP contribution in [0.2, 0.25) is 10.0 Å². The smallest absolute Gasteiger partial charge is 0.305 e. The average molecular weight is 551 g/mol. The van der Waals surface area contributed by atoms with Crippen molar-refractivity contribution >= 4 is 56.5 Å². The van der Waals surface area contributed by atoms with E-state index in [0.717, 1.165) is 33.2 Å². The number of hydrogen-bond acceptors (Lipinski definition) is 4. The fourth-order valence-corrected chi connectivity index (χ4v) is 6.07. The number of thiophene rings is 1. The molecule has 1 aromatic heterocycles. The summed E-state index contributed by atoms with van der Waals surface area (Å²) in [4.78, 5) is 23.2. The van der Waals surface area contributed by atoms with Crippen LogP contribution in [0.1, 0.15) is 64.2 Å². The number of carboxylic acid groups (broad SMARTS) is 1. The predicted octanol–water partition coefficient (Wildman–Crippen LogP) is 7.61. The molecule has 0 radical (unpaired) electrons. The second-order valence-corrected chi connectivity index (χ2v) is 10.5. The number of aliphatic carboxylic acids is 1. The van der Waals surface area contributed by atoms with Gasteiger partial charge in [0.15, 0.2) is 0 Å². The Morgan fingerprint density at radius 1 is 1.03 bits per heavy atom. The molecule has 0 saturated heterocycles. The van der Waals surface area contributed by atoms with Crippen LogP contribution in [0, 0.1) is 11.3 Å². The summed E-state index contributed by atoms with van der Waals surface area (Å²) in [5, 5.41) is 25.3. The molecule has 0 aliphatic rings.